The van der Waals surface area contributed by atoms with Crippen molar-refractivity contribution >= 4 is 15.9 Å². The molecule has 90 valence electrons. The molecule has 0 N–H and O–H groups in total. The Morgan fingerprint density at radius 3 is 2.67 bits per heavy atom. The molecule has 0 aromatic rings. The van der Waals surface area contributed by atoms with E-state index in [9.17, 15) is 0 Å². The van der Waals surface area contributed by atoms with Crippen LogP contribution in [0.2, 0.25) is 0 Å². The van der Waals surface area contributed by atoms with E-state index in [1.165, 1.54) is 39.0 Å². The van der Waals surface area contributed by atoms with Crippen LogP contribution < -0.4 is 0 Å². The Kier molecular flexibility index (Phi) is 6.17. The fraction of sp³-hybridized carbons (Fsp3) is 1.00. The second kappa shape index (κ2) is 6.87. The van der Waals surface area contributed by atoms with Crippen LogP contribution in [0, 0.1) is 5.92 Å². The first-order chi connectivity index (χ1) is 7.17. The summed E-state index contributed by atoms with van der Waals surface area (Å²) in [5.74, 6) is 0.834. The molecule has 0 aromatic heterocycles. The molecule has 0 aromatic carbocycles. The molecule has 0 spiro atoms. The minimum Gasteiger partial charge on any atom is -0.304 e. The van der Waals surface area contributed by atoms with Crippen LogP contribution in [0.25, 0.3) is 0 Å². The predicted octanol–water partition coefficient (Wildman–Crippen LogP) is 2.43. The number of rotatable bonds is 5. The standard InChI is InChI=1S/C12H25BrN2/c1-4-5-12(8-13)10-15-7-6-14(3)9-11(15)2/h11-12H,4-10H2,1-3H3. The highest BCUT2D eigenvalue weighted by atomic mass is 79.9. The van der Waals surface area contributed by atoms with Crippen molar-refractivity contribution < 1.29 is 0 Å². The van der Waals surface area contributed by atoms with Gasteiger partial charge in [-0.25, -0.2) is 0 Å². The zero-order valence-corrected chi connectivity index (χ0v) is 12.0. The Labute approximate surface area is 103 Å². The molecule has 2 atom stereocenters. The lowest BCUT2D eigenvalue weighted by molar-refractivity contribution is 0.0867. The zero-order valence-electron chi connectivity index (χ0n) is 10.4. The van der Waals surface area contributed by atoms with Crippen LogP contribution >= 0.6 is 15.9 Å². The van der Waals surface area contributed by atoms with Crippen LogP contribution in [0.5, 0.6) is 0 Å². The summed E-state index contributed by atoms with van der Waals surface area (Å²) in [5, 5.41) is 1.15. The van der Waals surface area contributed by atoms with Crippen LogP contribution in [-0.2, 0) is 0 Å². The van der Waals surface area contributed by atoms with E-state index < -0.39 is 0 Å². The van der Waals surface area contributed by atoms with Crippen LogP contribution in [-0.4, -0.2) is 54.4 Å². The Morgan fingerprint density at radius 1 is 1.40 bits per heavy atom. The third-order valence-corrected chi connectivity index (χ3v) is 4.29. The highest BCUT2D eigenvalue weighted by Crippen LogP contribution is 2.16. The SMILES string of the molecule is CCCC(CBr)CN1CCN(C)CC1C. The van der Waals surface area contributed by atoms with Crippen LogP contribution in [0.1, 0.15) is 26.7 Å². The normalized spacial score (nSPS) is 26.8. The van der Waals surface area contributed by atoms with Gasteiger partial charge in [0, 0.05) is 37.6 Å². The van der Waals surface area contributed by atoms with E-state index in [2.05, 4.69) is 46.6 Å². The molecule has 3 heteroatoms. The van der Waals surface area contributed by atoms with E-state index in [1.54, 1.807) is 0 Å². The van der Waals surface area contributed by atoms with Crippen molar-refractivity contribution in [2.24, 2.45) is 5.92 Å². The molecule has 1 aliphatic rings. The largest absolute Gasteiger partial charge is 0.304 e. The fourth-order valence-corrected chi connectivity index (χ4v) is 2.93. The zero-order chi connectivity index (χ0) is 11.3. The molecular formula is C12H25BrN2. The Morgan fingerprint density at radius 2 is 2.13 bits per heavy atom. The summed E-state index contributed by atoms with van der Waals surface area (Å²) in [5.41, 5.74) is 0. The number of halogens is 1. The monoisotopic (exact) mass is 276 g/mol. The van der Waals surface area contributed by atoms with Crippen molar-refractivity contribution in [3.8, 4) is 0 Å². The van der Waals surface area contributed by atoms with Gasteiger partial charge in [0.1, 0.15) is 0 Å². The quantitative estimate of drug-likeness (QED) is 0.712. The summed E-state index contributed by atoms with van der Waals surface area (Å²) < 4.78 is 0. The smallest absolute Gasteiger partial charge is 0.0195 e. The fourth-order valence-electron chi connectivity index (χ4n) is 2.41. The molecule has 0 amide bonds. The minimum absolute atomic E-state index is 0.724. The lowest BCUT2D eigenvalue weighted by Gasteiger charge is -2.39. The second-order valence-corrected chi connectivity index (χ2v) is 5.56. The highest BCUT2D eigenvalue weighted by molar-refractivity contribution is 9.09. The van der Waals surface area contributed by atoms with Crippen molar-refractivity contribution in [3.63, 3.8) is 0 Å². The van der Waals surface area contributed by atoms with E-state index in [1.807, 2.05) is 0 Å². The van der Waals surface area contributed by atoms with Crippen LogP contribution in [0.4, 0.5) is 0 Å². The number of likely N-dealkylation sites (N-methyl/N-ethyl adjacent to an activating group) is 1. The molecule has 15 heavy (non-hydrogen) atoms. The number of piperazine rings is 1. The molecular weight excluding hydrogens is 252 g/mol. The van der Waals surface area contributed by atoms with Gasteiger partial charge in [0.2, 0.25) is 0 Å². The molecule has 1 saturated heterocycles. The Hall–Kier alpha value is 0.400. The van der Waals surface area contributed by atoms with Crippen molar-refractivity contribution in [1.29, 1.82) is 0 Å². The van der Waals surface area contributed by atoms with Gasteiger partial charge < -0.3 is 4.90 Å². The summed E-state index contributed by atoms with van der Waals surface area (Å²) in [6.45, 7) is 9.60. The van der Waals surface area contributed by atoms with Gasteiger partial charge in [-0.15, -0.1) is 0 Å². The lowest BCUT2D eigenvalue weighted by atomic mass is 10.0. The van der Waals surface area contributed by atoms with Crippen molar-refractivity contribution in [2.45, 2.75) is 32.7 Å². The number of nitrogens with zero attached hydrogens (tertiary/aromatic N) is 2. The average molecular weight is 277 g/mol. The molecule has 1 fully saturated rings. The highest BCUT2D eigenvalue weighted by Gasteiger charge is 2.23. The number of hydrogen-bond acceptors (Lipinski definition) is 2. The van der Waals surface area contributed by atoms with E-state index >= 15 is 0 Å². The van der Waals surface area contributed by atoms with Gasteiger partial charge in [-0.05, 0) is 26.3 Å². The average Bonchev–Trinajstić information content (AvgIpc) is 2.21. The third-order valence-electron chi connectivity index (χ3n) is 3.38. The van der Waals surface area contributed by atoms with Gasteiger partial charge in [-0.3, -0.25) is 4.90 Å². The van der Waals surface area contributed by atoms with Gasteiger partial charge in [-0.1, -0.05) is 29.3 Å². The van der Waals surface area contributed by atoms with Crippen molar-refractivity contribution in [3.05, 3.63) is 0 Å². The summed E-state index contributed by atoms with van der Waals surface area (Å²) in [4.78, 5) is 5.09. The molecule has 1 aliphatic heterocycles. The number of hydrogen-bond donors (Lipinski definition) is 0. The molecule has 1 rings (SSSR count). The van der Waals surface area contributed by atoms with Gasteiger partial charge in [0.25, 0.3) is 0 Å². The first kappa shape index (κ1) is 13.5. The molecule has 0 radical (unpaired) electrons. The first-order valence-corrected chi connectivity index (χ1v) is 7.28. The predicted molar refractivity (Wildman–Crippen MR) is 70.7 cm³/mol. The van der Waals surface area contributed by atoms with Crippen molar-refractivity contribution in [2.75, 3.05) is 38.6 Å². The minimum atomic E-state index is 0.724. The molecule has 1 heterocycles. The maximum atomic E-state index is 3.64. The van der Waals surface area contributed by atoms with Crippen molar-refractivity contribution in [1.82, 2.24) is 9.80 Å². The first-order valence-electron chi connectivity index (χ1n) is 6.16. The second-order valence-electron chi connectivity index (χ2n) is 4.92. The van der Waals surface area contributed by atoms with Gasteiger partial charge >= 0.3 is 0 Å². The van der Waals surface area contributed by atoms with Gasteiger partial charge in [-0.2, -0.15) is 0 Å². The van der Waals surface area contributed by atoms with E-state index in [4.69, 9.17) is 0 Å². The Bertz CT molecular complexity index is 175. The summed E-state index contributed by atoms with van der Waals surface area (Å²) in [7, 11) is 2.22. The molecule has 0 bridgehead atoms. The van der Waals surface area contributed by atoms with E-state index in [0.29, 0.717) is 0 Å². The summed E-state index contributed by atoms with van der Waals surface area (Å²) in [6, 6.07) is 0.724. The van der Waals surface area contributed by atoms with Gasteiger partial charge in [0.15, 0.2) is 0 Å². The lowest BCUT2D eigenvalue weighted by Crippen LogP contribution is -2.51. The third kappa shape index (κ3) is 4.41. The maximum Gasteiger partial charge on any atom is 0.0195 e. The molecule has 2 nitrogen and oxygen atoms in total. The Balaban J connectivity index is 2.35. The van der Waals surface area contributed by atoms with Crippen LogP contribution in [0.3, 0.4) is 0 Å². The van der Waals surface area contributed by atoms with E-state index in [0.717, 1.165) is 17.3 Å². The molecule has 0 saturated carbocycles. The topological polar surface area (TPSA) is 6.48 Å². The maximum absolute atomic E-state index is 3.64. The van der Waals surface area contributed by atoms with Gasteiger partial charge in [0.05, 0.1) is 0 Å². The van der Waals surface area contributed by atoms with E-state index in [-0.39, 0.29) is 0 Å². The number of alkyl halides is 1. The van der Waals surface area contributed by atoms with Crippen LogP contribution in [0.15, 0.2) is 0 Å². The molecule has 2 unspecified atom stereocenters. The molecule has 0 aliphatic carbocycles. The summed E-state index contributed by atoms with van der Waals surface area (Å²) >= 11 is 3.64. The summed E-state index contributed by atoms with van der Waals surface area (Å²) in [6.07, 6.45) is 2.66.